The quantitative estimate of drug-likeness (QED) is 0.365. The average molecular weight is 266 g/mol. The van der Waals surface area contributed by atoms with Crippen molar-refractivity contribution in [2.75, 3.05) is 0 Å². The van der Waals surface area contributed by atoms with Crippen molar-refractivity contribution in [1.29, 1.82) is 0 Å². The van der Waals surface area contributed by atoms with Crippen molar-refractivity contribution in [3.8, 4) is 0 Å². The second kappa shape index (κ2) is 6.75. The van der Waals surface area contributed by atoms with Gasteiger partial charge in [-0.25, -0.2) is 24.4 Å². The Kier molecular flexibility index (Phi) is 6.93. The van der Waals surface area contributed by atoms with Crippen LogP contribution in [-0.4, -0.2) is 5.55 Å². The number of aliphatic imine (C=N–C) groups is 1. The molecule has 0 atom stereocenters. The SMILES string of the molecule is CC(C)c1c[c-]c(N=[C-]S)cc1.[Y]. The van der Waals surface area contributed by atoms with E-state index in [1.165, 1.54) is 5.56 Å². The summed E-state index contributed by atoms with van der Waals surface area (Å²) in [6, 6.07) is 8.96. The molecule has 13 heavy (non-hydrogen) atoms. The largest absolute Gasteiger partial charge is 0.471 e. The van der Waals surface area contributed by atoms with Crippen LogP contribution in [0.1, 0.15) is 25.3 Å². The second-order valence-electron chi connectivity index (χ2n) is 2.87. The number of hydrogen-bond acceptors (Lipinski definition) is 1. The molecule has 1 aromatic carbocycles. The molecule has 0 heterocycles. The summed E-state index contributed by atoms with van der Waals surface area (Å²) in [5, 5.41) is 0. The molecule has 0 aliphatic carbocycles. The fourth-order valence-corrected chi connectivity index (χ4v) is 1.02. The zero-order valence-electron chi connectivity index (χ0n) is 7.78. The van der Waals surface area contributed by atoms with E-state index in [1.807, 2.05) is 18.2 Å². The smallest absolute Gasteiger partial charge is 0 e. The van der Waals surface area contributed by atoms with Crippen molar-refractivity contribution in [3.05, 3.63) is 29.8 Å². The summed E-state index contributed by atoms with van der Waals surface area (Å²) in [4.78, 5) is 3.87. The fraction of sp³-hybridized carbons (Fsp3) is 0.300. The van der Waals surface area contributed by atoms with Gasteiger partial charge in [0.25, 0.3) is 0 Å². The van der Waals surface area contributed by atoms with Crippen molar-refractivity contribution < 1.29 is 32.7 Å². The van der Waals surface area contributed by atoms with Gasteiger partial charge in [0.2, 0.25) is 0 Å². The summed E-state index contributed by atoms with van der Waals surface area (Å²) in [5.74, 6) is 0.541. The predicted molar refractivity (Wildman–Crippen MR) is 55.4 cm³/mol. The van der Waals surface area contributed by atoms with Gasteiger partial charge in [0.15, 0.2) is 0 Å². The number of benzene rings is 1. The molecular formula is C10H11NSY-2. The van der Waals surface area contributed by atoms with Gasteiger partial charge in [0.05, 0.1) is 0 Å². The third-order valence-corrected chi connectivity index (χ3v) is 1.76. The summed E-state index contributed by atoms with van der Waals surface area (Å²) >= 11 is 3.76. The molecule has 0 aliphatic heterocycles. The van der Waals surface area contributed by atoms with E-state index in [9.17, 15) is 0 Å². The van der Waals surface area contributed by atoms with E-state index in [-0.39, 0.29) is 32.7 Å². The van der Waals surface area contributed by atoms with Gasteiger partial charge >= 0.3 is 0 Å². The zero-order chi connectivity index (χ0) is 8.97. The molecule has 0 aromatic heterocycles. The molecule has 0 bridgehead atoms. The number of thiol groups is 1. The molecule has 1 radical (unpaired) electrons. The van der Waals surface area contributed by atoms with E-state index < -0.39 is 0 Å². The molecule has 0 fully saturated rings. The van der Waals surface area contributed by atoms with Crippen molar-refractivity contribution >= 4 is 23.9 Å². The topological polar surface area (TPSA) is 12.4 Å². The Bertz CT molecular complexity index is 267. The molecule has 0 N–H and O–H groups in total. The van der Waals surface area contributed by atoms with Crippen LogP contribution in [0.4, 0.5) is 5.69 Å². The third-order valence-electron chi connectivity index (χ3n) is 1.66. The van der Waals surface area contributed by atoms with Gasteiger partial charge in [0.1, 0.15) is 0 Å². The summed E-state index contributed by atoms with van der Waals surface area (Å²) in [6.07, 6.45) is 0. The molecule has 1 aromatic rings. The Morgan fingerprint density at radius 3 is 2.54 bits per heavy atom. The zero-order valence-corrected chi connectivity index (χ0v) is 11.5. The van der Waals surface area contributed by atoms with Crippen molar-refractivity contribution in [3.63, 3.8) is 0 Å². The van der Waals surface area contributed by atoms with Crippen LogP contribution in [0, 0.1) is 6.07 Å². The minimum atomic E-state index is 0. The average Bonchev–Trinajstić information content (AvgIpc) is 2.06. The van der Waals surface area contributed by atoms with E-state index in [2.05, 4.69) is 43.1 Å². The van der Waals surface area contributed by atoms with Crippen LogP contribution in [-0.2, 0) is 32.7 Å². The maximum Gasteiger partial charge on any atom is 0 e. The van der Waals surface area contributed by atoms with Gasteiger partial charge in [0, 0.05) is 32.7 Å². The first-order chi connectivity index (χ1) is 5.74. The van der Waals surface area contributed by atoms with Crippen molar-refractivity contribution in [2.24, 2.45) is 4.99 Å². The first kappa shape index (κ1) is 13.3. The maximum atomic E-state index is 3.87. The normalized spacial score (nSPS) is 10.5. The van der Waals surface area contributed by atoms with Gasteiger partial charge in [-0.3, -0.25) is 6.07 Å². The molecular weight excluding hydrogens is 255 g/mol. The molecule has 0 unspecified atom stereocenters. The van der Waals surface area contributed by atoms with Gasteiger partial charge in [-0.05, 0) is 0 Å². The number of rotatable bonds is 2. The minimum Gasteiger partial charge on any atom is -0.471 e. The molecule has 1 nitrogen and oxygen atoms in total. The molecule has 3 heteroatoms. The van der Waals surface area contributed by atoms with Crippen LogP contribution in [0.25, 0.3) is 0 Å². The third kappa shape index (κ3) is 4.39. The van der Waals surface area contributed by atoms with E-state index in [4.69, 9.17) is 0 Å². The Balaban J connectivity index is 0.00000144. The van der Waals surface area contributed by atoms with E-state index in [0.717, 1.165) is 5.69 Å². The molecule has 0 spiro atoms. The van der Waals surface area contributed by atoms with E-state index in [0.29, 0.717) is 5.92 Å². The van der Waals surface area contributed by atoms with Crippen LogP contribution in [0.3, 0.4) is 0 Å². The number of nitrogens with zero attached hydrogens (tertiary/aromatic N) is 1. The monoisotopic (exact) mass is 266 g/mol. The van der Waals surface area contributed by atoms with Crippen LogP contribution in [0.2, 0.25) is 0 Å². The first-order valence-electron chi connectivity index (χ1n) is 3.85. The molecule has 0 saturated heterocycles. The summed E-state index contributed by atoms with van der Waals surface area (Å²) < 4.78 is 0. The van der Waals surface area contributed by atoms with Crippen molar-refractivity contribution in [1.82, 2.24) is 0 Å². The molecule has 0 aliphatic rings. The van der Waals surface area contributed by atoms with Gasteiger partial charge in [-0.1, -0.05) is 19.8 Å². The maximum absolute atomic E-state index is 3.87. The fourth-order valence-electron chi connectivity index (χ4n) is 0.911. The molecule has 1 rings (SSSR count). The van der Waals surface area contributed by atoms with Crippen LogP contribution in [0.5, 0.6) is 0 Å². The summed E-state index contributed by atoms with van der Waals surface area (Å²) in [5.41, 5.74) is 4.46. The summed E-state index contributed by atoms with van der Waals surface area (Å²) in [6.45, 7) is 4.30. The van der Waals surface area contributed by atoms with Gasteiger partial charge in [-0.2, -0.15) is 17.7 Å². The second-order valence-corrected chi connectivity index (χ2v) is 3.07. The van der Waals surface area contributed by atoms with Gasteiger partial charge in [-0.15, -0.1) is 5.55 Å². The van der Waals surface area contributed by atoms with Crippen LogP contribution < -0.4 is 0 Å². The molecule has 0 amide bonds. The van der Waals surface area contributed by atoms with Crippen LogP contribution in [0.15, 0.2) is 23.2 Å². The molecule has 0 saturated carbocycles. The van der Waals surface area contributed by atoms with E-state index in [1.54, 1.807) is 0 Å². The van der Waals surface area contributed by atoms with Crippen LogP contribution >= 0.6 is 12.6 Å². The Labute approximate surface area is 110 Å². The molecule has 67 valence electrons. The minimum absolute atomic E-state index is 0. The Hall–Kier alpha value is 0.344. The predicted octanol–water partition coefficient (Wildman–Crippen LogP) is 3.07. The van der Waals surface area contributed by atoms with Crippen molar-refractivity contribution in [2.45, 2.75) is 19.8 Å². The Morgan fingerprint density at radius 1 is 1.46 bits per heavy atom. The van der Waals surface area contributed by atoms with Gasteiger partial charge < -0.3 is 4.99 Å². The number of hydrogen-bond donors (Lipinski definition) is 1. The Morgan fingerprint density at radius 2 is 2.15 bits per heavy atom. The standard InChI is InChI=1S/C10H11NS.Y/c1-8(2)9-3-5-10(6-4-9)11-7-12;/h3-5,8H,1-2H3,(H,11,12);/q-2;. The van der Waals surface area contributed by atoms with E-state index >= 15 is 0 Å². The summed E-state index contributed by atoms with van der Waals surface area (Å²) in [7, 11) is 0. The first-order valence-corrected chi connectivity index (χ1v) is 4.30.